The molecule has 0 aliphatic rings. The Morgan fingerprint density at radius 3 is 2.67 bits per heavy atom. The van der Waals surface area contributed by atoms with Crippen LogP contribution < -0.4 is 16.2 Å². The van der Waals surface area contributed by atoms with Gasteiger partial charge >= 0.3 is 0 Å². The lowest BCUT2D eigenvalue weighted by Gasteiger charge is -2.12. The number of halogens is 1. The van der Waals surface area contributed by atoms with Crippen LogP contribution in [0.2, 0.25) is 5.02 Å². The van der Waals surface area contributed by atoms with Crippen molar-refractivity contribution in [1.29, 1.82) is 0 Å². The SMILES string of the molecule is CCCCCCOc1c(Cl)cc(N)cc1C(N)=O. The highest BCUT2D eigenvalue weighted by Gasteiger charge is 2.14. The van der Waals surface area contributed by atoms with Crippen LogP contribution in [0.5, 0.6) is 5.75 Å². The van der Waals surface area contributed by atoms with E-state index in [0.717, 1.165) is 19.3 Å². The Hall–Kier alpha value is -1.42. The maximum absolute atomic E-state index is 11.3. The van der Waals surface area contributed by atoms with Gasteiger partial charge in [0.15, 0.2) is 5.75 Å². The van der Waals surface area contributed by atoms with E-state index in [0.29, 0.717) is 23.1 Å². The van der Waals surface area contributed by atoms with E-state index < -0.39 is 5.91 Å². The van der Waals surface area contributed by atoms with Crippen LogP contribution in [0.1, 0.15) is 43.0 Å². The number of nitrogens with two attached hydrogens (primary N) is 2. The van der Waals surface area contributed by atoms with Crippen molar-refractivity contribution in [2.45, 2.75) is 32.6 Å². The average molecular weight is 271 g/mol. The highest BCUT2D eigenvalue weighted by atomic mass is 35.5. The van der Waals surface area contributed by atoms with Gasteiger partial charge in [-0.05, 0) is 18.6 Å². The van der Waals surface area contributed by atoms with Crippen molar-refractivity contribution in [1.82, 2.24) is 0 Å². The minimum absolute atomic E-state index is 0.232. The number of rotatable bonds is 7. The molecule has 1 aromatic carbocycles. The molecular weight excluding hydrogens is 252 g/mol. The number of amides is 1. The summed E-state index contributed by atoms with van der Waals surface area (Å²) in [6.07, 6.45) is 4.35. The number of unbranched alkanes of at least 4 members (excludes halogenated alkanes) is 3. The number of carbonyl (C=O) groups is 1. The lowest BCUT2D eigenvalue weighted by molar-refractivity contribution is 0.0996. The van der Waals surface area contributed by atoms with Crippen molar-refractivity contribution in [2.75, 3.05) is 12.3 Å². The molecule has 0 saturated heterocycles. The number of anilines is 1. The van der Waals surface area contributed by atoms with E-state index >= 15 is 0 Å². The molecule has 100 valence electrons. The van der Waals surface area contributed by atoms with Gasteiger partial charge in [0, 0.05) is 5.69 Å². The molecule has 0 aliphatic heterocycles. The maximum atomic E-state index is 11.3. The number of nitrogen functional groups attached to an aromatic ring is 1. The fraction of sp³-hybridized carbons (Fsp3) is 0.462. The number of hydrogen-bond acceptors (Lipinski definition) is 3. The van der Waals surface area contributed by atoms with Crippen LogP contribution in [0.15, 0.2) is 12.1 Å². The Labute approximate surface area is 112 Å². The zero-order valence-corrected chi connectivity index (χ0v) is 11.3. The van der Waals surface area contributed by atoms with Gasteiger partial charge in [-0.1, -0.05) is 37.8 Å². The number of ether oxygens (including phenoxy) is 1. The van der Waals surface area contributed by atoms with Gasteiger partial charge in [-0.2, -0.15) is 0 Å². The largest absolute Gasteiger partial charge is 0.491 e. The lowest BCUT2D eigenvalue weighted by Crippen LogP contribution is -2.14. The van der Waals surface area contributed by atoms with E-state index in [4.69, 9.17) is 27.8 Å². The van der Waals surface area contributed by atoms with Crippen LogP contribution in [0.3, 0.4) is 0 Å². The molecule has 0 fully saturated rings. The van der Waals surface area contributed by atoms with E-state index in [1.165, 1.54) is 12.5 Å². The molecule has 5 heteroatoms. The van der Waals surface area contributed by atoms with Gasteiger partial charge in [-0.15, -0.1) is 0 Å². The minimum Gasteiger partial charge on any atom is -0.491 e. The molecule has 4 nitrogen and oxygen atoms in total. The monoisotopic (exact) mass is 270 g/mol. The van der Waals surface area contributed by atoms with E-state index in [9.17, 15) is 4.79 Å². The third kappa shape index (κ3) is 4.11. The average Bonchev–Trinajstić information content (AvgIpc) is 2.30. The Kier molecular flexibility index (Phi) is 5.78. The molecule has 0 atom stereocenters. The predicted octanol–water partition coefficient (Wildman–Crippen LogP) is 2.98. The van der Waals surface area contributed by atoms with Crippen molar-refractivity contribution in [3.63, 3.8) is 0 Å². The van der Waals surface area contributed by atoms with E-state index in [-0.39, 0.29) is 5.56 Å². The quantitative estimate of drug-likeness (QED) is 0.590. The van der Waals surface area contributed by atoms with E-state index in [1.54, 1.807) is 6.07 Å². The molecule has 1 amide bonds. The fourth-order valence-electron chi connectivity index (χ4n) is 1.65. The first-order chi connectivity index (χ1) is 8.56. The summed E-state index contributed by atoms with van der Waals surface area (Å²) in [5, 5.41) is 0.319. The molecule has 0 aliphatic carbocycles. The first-order valence-corrected chi connectivity index (χ1v) is 6.45. The van der Waals surface area contributed by atoms with Crippen molar-refractivity contribution in [3.05, 3.63) is 22.7 Å². The number of primary amides is 1. The maximum Gasteiger partial charge on any atom is 0.252 e. The van der Waals surface area contributed by atoms with E-state index in [2.05, 4.69) is 6.92 Å². The summed E-state index contributed by atoms with van der Waals surface area (Å²) >= 11 is 6.01. The molecule has 0 saturated carbocycles. The number of benzene rings is 1. The van der Waals surface area contributed by atoms with Crippen molar-refractivity contribution >= 4 is 23.2 Å². The number of carbonyl (C=O) groups excluding carboxylic acids is 1. The minimum atomic E-state index is -0.590. The van der Waals surface area contributed by atoms with Gasteiger partial charge in [-0.3, -0.25) is 4.79 Å². The second kappa shape index (κ2) is 7.11. The first-order valence-electron chi connectivity index (χ1n) is 6.08. The van der Waals surface area contributed by atoms with Gasteiger partial charge in [0.05, 0.1) is 17.2 Å². The van der Waals surface area contributed by atoms with Gasteiger partial charge in [-0.25, -0.2) is 0 Å². The molecule has 1 rings (SSSR count). The smallest absolute Gasteiger partial charge is 0.252 e. The Bertz CT molecular complexity index is 422. The molecule has 0 radical (unpaired) electrons. The normalized spacial score (nSPS) is 10.3. The summed E-state index contributed by atoms with van der Waals surface area (Å²) in [6, 6.07) is 3.03. The fourth-order valence-corrected chi connectivity index (χ4v) is 1.93. The molecule has 0 spiro atoms. The lowest BCUT2D eigenvalue weighted by atomic mass is 10.1. The van der Waals surface area contributed by atoms with Gasteiger partial charge in [0.1, 0.15) is 0 Å². The van der Waals surface area contributed by atoms with E-state index in [1.807, 2.05) is 0 Å². The predicted molar refractivity (Wildman–Crippen MR) is 74.0 cm³/mol. The third-order valence-corrected chi connectivity index (χ3v) is 2.86. The Morgan fingerprint density at radius 1 is 1.33 bits per heavy atom. The topological polar surface area (TPSA) is 78.3 Å². The summed E-state index contributed by atoms with van der Waals surface area (Å²) in [6.45, 7) is 2.66. The first kappa shape index (κ1) is 14.6. The highest BCUT2D eigenvalue weighted by molar-refractivity contribution is 6.33. The van der Waals surface area contributed by atoms with Gasteiger partial charge < -0.3 is 16.2 Å². The molecule has 0 bridgehead atoms. The summed E-state index contributed by atoms with van der Waals surface area (Å²) in [7, 11) is 0. The van der Waals surface area contributed by atoms with Gasteiger partial charge in [0.2, 0.25) is 0 Å². The molecule has 4 N–H and O–H groups in total. The standard InChI is InChI=1S/C13H19ClN2O2/c1-2-3-4-5-6-18-12-10(13(16)17)7-9(15)8-11(12)14/h7-8H,2-6,15H2,1H3,(H2,16,17). The molecule has 0 unspecified atom stereocenters. The van der Waals surface area contributed by atoms with Crippen LogP contribution >= 0.6 is 11.6 Å². The van der Waals surface area contributed by atoms with Crippen LogP contribution in [-0.2, 0) is 0 Å². The second-order valence-electron chi connectivity index (χ2n) is 4.15. The van der Waals surface area contributed by atoms with Crippen LogP contribution in [0, 0.1) is 0 Å². The van der Waals surface area contributed by atoms with Crippen molar-refractivity contribution in [2.24, 2.45) is 5.73 Å². The van der Waals surface area contributed by atoms with Crippen LogP contribution in [0.25, 0.3) is 0 Å². The number of hydrogen-bond donors (Lipinski definition) is 2. The second-order valence-corrected chi connectivity index (χ2v) is 4.56. The van der Waals surface area contributed by atoms with Crippen molar-refractivity contribution in [3.8, 4) is 5.75 Å². The Balaban J connectivity index is 2.71. The summed E-state index contributed by atoms with van der Waals surface area (Å²) in [5.74, 6) is -0.261. The Morgan fingerprint density at radius 2 is 2.06 bits per heavy atom. The zero-order valence-electron chi connectivity index (χ0n) is 10.5. The highest BCUT2D eigenvalue weighted by Crippen LogP contribution is 2.31. The third-order valence-electron chi connectivity index (χ3n) is 2.58. The summed E-state index contributed by atoms with van der Waals surface area (Å²) in [4.78, 5) is 11.3. The van der Waals surface area contributed by atoms with Gasteiger partial charge in [0.25, 0.3) is 5.91 Å². The van der Waals surface area contributed by atoms with Crippen LogP contribution in [-0.4, -0.2) is 12.5 Å². The summed E-state index contributed by atoms with van der Waals surface area (Å²) < 4.78 is 5.54. The molecule has 18 heavy (non-hydrogen) atoms. The summed E-state index contributed by atoms with van der Waals surface area (Å²) in [5.41, 5.74) is 11.5. The molecule has 0 heterocycles. The molecule has 0 aromatic heterocycles. The molecular formula is C13H19ClN2O2. The zero-order chi connectivity index (χ0) is 13.5. The molecule has 1 aromatic rings. The van der Waals surface area contributed by atoms with Crippen molar-refractivity contribution < 1.29 is 9.53 Å². The van der Waals surface area contributed by atoms with Crippen LogP contribution in [0.4, 0.5) is 5.69 Å².